The lowest BCUT2D eigenvalue weighted by molar-refractivity contribution is -0.190. The molecule has 5 rings (SSSR count). The van der Waals surface area contributed by atoms with Gasteiger partial charge in [0.2, 0.25) is 5.91 Å². The number of amides is 3. The third-order valence-electron chi connectivity index (χ3n) is 6.12. The highest BCUT2D eigenvalue weighted by Crippen LogP contribution is 2.64. The molecule has 0 aromatic carbocycles. The molecule has 4 aliphatic rings. The molecule has 1 saturated heterocycles. The van der Waals surface area contributed by atoms with Gasteiger partial charge in [-0.25, -0.2) is 4.79 Å². The largest absolute Gasteiger partial charge is 0.338 e. The summed E-state index contributed by atoms with van der Waals surface area (Å²) in [5.41, 5.74) is 2.29. The van der Waals surface area contributed by atoms with Gasteiger partial charge in [-0.15, -0.1) is 0 Å². The molecule has 2 bridgehead atoms. The lowest BCUT2D eigenvalue weighted by atomic mass is 9.43. The van der Waals surface area contributed by atoms with Crippen molar-refractivity contribution in [3.63, 3.8) is 0 Å². The summed E-state index contributed by atoms with van der Waals surface area (Å²) in [5.74, 6) is 0.304. The van der Waals surface area contributed by atoms with Crippen molar-refractivity contribution in [2.45, 2.75) is 69.4 Å². The number of carbonyl (C=O) groups is 2. The van der Waals surface area contributed by atoms with Crippen LogP contribution >= 0.6 is 0 Å². The van der Waals surface area contributed by atoms with Crippen LogP contribution < -0.4 is 10.6 Å². The SMILES string of the molecule is Cc1[nH]ncc1CCCNC(=O)NC12CC(N3CCCCC3=O)(C1)C2. The predicted octanol–water partition coefficient (Wildman–Crippen LogP) is 1.64. The van der Waals surface area contributed by atoms with Gasteiger partial charge < -0.3 is 15.5 Å². The number of hydrogen-bond acceptors (Lipinski definition) is 3. The fraction of sp³-hybridized carbons (Fsp3) is 0.722. The zero-order valence-electron chi connectivity index (χ0n) is 14.9. The number of carbonyl (C=O) groups excluding carboxylic acids is 2. The van der Waals surface area contributed by atoms with E-state index in [4.69, 9.17) is 0 Å². The second-order valence-electron chi connectivity index (χ2n) is 8.04. The van der Waals surface area contributed by atoms with Crippen LogP contribution in [0.4, 0.5) is 4.79 Å². The highest BCUT2D eigenvalue weighted by molar-refractivity contribution is 5.80. The smallest absolute Gasteiger partial charge is 0.315 e. The Kier molecular flexibility index (Phi) is 3.96. The molecule has 0 spiro atoms. The van der Waals surface area contributed by atoms with Gasteiger partial charge in [-0.3, -0.25) is 9.89 Å². The molecule has 0 unspecified atom stereocenters. The van der Waals surface area contributed by atoms with Crippen molar-refractivity contribution in [3.8, 4) is 0 Å². The first-order chi connectivity index (χ1) is 12.0. The predicted molar refractivity (Wildman–Crippen MR) is 93.1 cm³/mol. The maximum Gasteiger partial charge on any atom is 0.315 e. The van der Waals surface area contributed by atoms with Gasteiger partial charge in [-0.1, -0.05) is 0 Å². The number of aryl methyl sites for hydroxylation is 2. The number of nitrogens with one attached hydrogen (secondary N) is 3. The zero-order valence-corrected chi connectivity index (χ0v) is 14.9. The highest BCUT2D eigenvalue weighted by Gasteiger charge is 2.71. The van der Waals surface area contributed by atoms with Crippen molar-refractivity contribution in [1.29, 1.82) is 0 Å². The molecule has 0 radical (unpaired) electrons. The monoisotopic (exact) mass is 345 g/mol. The second-order valence-corrected chi connectivity index (χ2v) is 8.04. The van der Waals surface area contributed by atoms with E-state index in [1.807, 2.05) is 13.1 Å². The van der Waals surface area contributed by atoms with Crippen LogP contribution in [0.3, 0.4) is 0 Å². The average Bonchev–Trinajstić information content (AvgIpc) is 2.92. The van der Waals surface area contributed by atoms with E-state index in [0.29, 0.717) is 18.9 Å². The van der Waals surface area contributed by atoms with Crippen molar-refractivity contribution in [1.82, 2.24) is 25.7 Å². The normalized spacial score (nSPS) is 30.4. The first-order valence-corrected chi connectivity index (χ1v) is 9.37. The summed E-state index contributed by atoms with van der Waals surface area (Å²) >= 11 is 0. The Hall–Kier alpha value is -2.05. The molecule has 1 aromatic rings. The number of rotatable bonds is 6. The van der Waals surface area contributed by atoms with Crippen LogP contribution in [0.1, 0.15) is 56.2 Å². The number of nitrogens with zero attached hydrogens (tertiary/aromatic N) is 2. The minimum atomic E-state index is -0.0813. The summed E-state index contributed by atoms with van der Waals surface area (Å²) in [6.07, 6.45) is 9.26. The molecular weight excluding hydrogens is 318 g/mol. The third kappa shape index (κ3) is 2.89. The standard InChI is InChI=1S/C18H27N5O2/c1-13-14(9-20-22-13)5-4-7-19-16(25)21-17-10-18(11-17,12-17)23-8-3-2-6-15(23)24/h9H,2-8,10-12H2,1H3,(H,20,22)(H2,19,21,25). The summed E-state index contributed by atoms with van der Waals surface area (Å²) < 4.78 is 0. The van der Waals surface area contributed by atoms with Crippen molar-refractivity contribution in [2.24, 2.45) is 0 Å². The lowest BCUT2D eigenvalue weighted by Crippen LogP contribution is -2.84. The average molecular weight is 345 g/mol. The van der Waals surface area contributed by atoms with Gasteiger partial charge in [0.15, 0.2) is 0 Å². The van der Waals surface area contributed by atoms with E-state index in [-0.39, 0.29) is 17.1 Å². The fourth-order valence-corrected chi connectivity index (χ4v) is 4.85. The molecule has 7 nitrogen and oxygen atoms in total. The van der Waals surface area contributed by atoms with Crippen LogP contribution in [0, 0.1) is 6.92 Å². The molecule has 3 amide bonds. The third-order valence-corrected chi connectivity index (χ3v) is 6.12. The molecule has 3 saturated carbocycles. The van der Waals surface area contributed by atoms with Gasteiger partial charge in [0, 0.05) is 36.3 Å². The van der Waals surface area contributed by atoms with Crippen molar-refractivity contribution in [3.05, 3.63) is 17.5 Å². The van der Waals surface area contributed by atoms with Crippen molar-refractivity contribution < 1.29 is 9.59 Å². The van der Waals surface area contributed by atoms with Crippen LogP contribution in [0.15, 0.2) is 6.20 Å². The molecule has 136 valence electrons. The number of piperidine rings is 1. The topological polar surface area (TPSA) is 90.1 Å². The number of aromatic nitrogens is 2. The van der Waals surface area contributed by atoms with Gasteiger partial charge in [-0.2, -0.15) is 5.10 Å². The van der Waals surface area contributed by atoms with Crippen LogP contribution in [0.25, 0.3) is 0 Å². The summed E-state index contributed by atoms with van der Waals surface area (Å²) in [7, 11) is 0. The van der Waals surface area contributed by atoms with Gasteiger partial charge >= 0.3 is 6.03 Å². The summed E-state index contributed by atoms with van der Waals surface area (Å²) in [5, 5.41) is 13.0. The van der Waals surface area contributed by atoms with E-state index in [2.05, 4.69) is 25.7 Å². The summed E-state index contributed by atoms with van der Waals surface area (Å²) in [4.78, 5) is 26.3. The first kappa shape index (κ1) is 16.4. The highest BCUT2D eigenvalue weighted by atomic mass is 16.2. The molecule has 2 heterocycles. The van der Waals surface area contributed by atoms with Crippen LogP contribution in [0.2, 0.25) is 0 Å². The van der Waals surface area contributed by atoms with Gasteiger partial charge in [0.05, 0.1) is 6.20 Å². The van der Waals surface area contributed by atoms with Gasteiger partial charge in [0.25, 0.3) is 0 Å². The number of aromatic amines is 1. The molecule has 1 aliphatic heterocycles. The number of hydrogen-bond donors (Lipinski definition) is 3. The number of urea groups is 1. The lowest BCUT2D eigenvalue weighted by Gasteiger charge is -2.73. The van der Waals surface area contributed by atoms with E-state index in [1.165, 1.54) is 5.56 Å². The zero-order chi connectivity index (χ0) is 17.5. The van der Waals surface area contributed by atoms with Crippen LogP contribution in [0.5, 0.6) is 0 Å². The Morgan fingerprint density at radius 3 is 2.84 bits per heavy atom. The minimum Gasteiger partial charge on any atom is -0.338 e. The van der Waals surface area contributed by atoms with E-state index in [0.717, 1.165) is 57.2 Å². The molecule has 3 N–H and O–H groups in total. The maximum absolute atomic E-state index is 12.1. The molecule has 0 atom stereocenters. The van der Waals surface area contributed by atoms with Gasteiger partial charge in [-0.05, 0) is 57.4 Å². The first-order valence-electron chi connectivity index (χ1n) is 9.37. The minimum absolute atomic E-state index is 0.0591. The van der Waals surface area contributed by atoms with Crippen molar-refractivity contribution >= 4 is 11.9 Å². The van der Waals surface area contributed by atoms with Crippen LogP contribution in [-0.4, -0.2) is 51.2 Å². The second kappa shape index (κ2) is 6.04. The van der Waals surface area contributed by atoms with Crippen LogP contribution in [-0.2, 0) is 11.2 Å². The molecule has 1 aromatic heterocycles. The Morgan fingerprint density at radius 1 is 1.36 bits per heavy atom. The van der Waals surface area contributed by atoms with E-state index < -0.39 is 0 Å². The van der Waals surface area contributed by atoms with Gasteiger partial charge in [0.1, 0.15) is 0 Å². The Labute approximate surface area is 147 Å². The van der Waals surface area contributed by atoms with E-state index in [9.17, 15) is 9.59 Å². The molecule has 3 aliphatic carbocycles. The number of H-pyrrole nitrogens is 1. The Balaban J connectivity index is 1.17. The Bertz CT molecular complexity index is 663. The van der Waals surface area contributed by atoms with E-state index >= 15 is 0 Å². The maximum atomic E-state index is 12.1. The van der Waals surface area contributed by atoms with E-state index in [1.54, 1.807) is 0 Å². The summed E-state index contributed by atoms with van der Waals surface area (Å²) in [6.45, 7) is 3.56. The van der Waals surface area contributed by atoms with Crippen molar-refractivity contribution in [2.75, 3.05) is 13.1 Å². The summed E-state index contributed by atoms with van der Waals surface area (Å²) in [6, 6.07) is -0.0813. The fourth-order valence-electron chi connectivity index (χ4n) is 4.85. The molecule has 25 heavy (non-hydrogen) atoms. The number of likely N-dealkylation sites (tertiary alicyclic amines) is 1. The molecule has 7 heteroatoms. The molecular formula is C18H27N5O2. The quantitative estimate of drug-likeness (QED) is 0.685. The Morgan fingerprint density at radius 2 is 2.16 bits per heavy atom. The molecule has 4 fully saturated rings.